The lowest BCUT2D eigenvalue weighted by molar-refractivity contribution is -0.385. The fraction of sp³-hybridized carbons (Fsp3) is 0.636. The van der Waals surface area contributed by atoms with Crippen LogP contribution in [-0.4, -0.2) is 105 Å². The van der Waals surface area contributed by atoms with E-state index in [4.69, 9.17) is 36.3 Å². The van der Waals surface area contributed by atoms with Gasteiger partial charge in [-0.15, -0.1) is 0 Å². The second-order valence-electron chi connectivity index (χ2n) is 13.6. The van der Waals surface area contributed by atoms with Crippen LogP contribution in [0.5, 0.6) is 11.8 Å². The van der Waals surface area contributed by atoms with E-state index in [9.17, 15) is 29.8 Å². The van der Waals surface area contributed by atoms with Crippen molar-refractivity contribution in [3.8, 4) is 11.8 Å². The van der Waals surface area contributed by atoms with Gasteiger partial charge in [0.1, 0.15) is 11.2 Å². The van der Waals surface area contributed by atoms with Crippen LogP contribution in [0.15, 0.2) is 24.3 Å². The monoisotopic (exact) mass is 756 g/mol. The lowest BCUT2D eigenvalue weighted by Crippen LogP contribution is -2.44. The number of pyridine rings is 2. The molecule has 2 amide bonds. The zero-order chi connectivity index (χ0) is 38.5. The Morgan fingerprint density at radius 2 is 1.19 bits per heavy atom. The molecule has 292 valence electrons. The number of methoxy groups -OCH3 is 2. The number of nitro groups is 2. The lowest BCUT2D eigenvalue weighted by Gasteiger charge is -2.33. The maximum Gasteiger partial charge on any atom is 0.410 e. The third kappa shape index (κ3) is 15.7. The van der Waals surface area contributed by atoms with Crippen LogP contribution in [0.3, 0.4) is 0 Å². The first-order chi connectivity index (χ1) is 23.7. The number of nitrogens with one attached hydrogen (secondary N) is 1. The molecule has 4 rings (SSSR count). The molecule has 0 atom stereocenters. The largest absolute Gasteiger partial charge is 0.481 e. The highest BCUT2D eigenvalue weighted by atomic mass is 35.5. The van der Waals surface area contributed by atoms with Crippen molar-refractivity contribution < 1.29 is 38.4 Å². The molecule has 0 aromatic carbocycles. The number of piperidine rings is 2. The summed E-state index contributed by atoms with van der Waals surface area (Å²) < 4.78 is 20.4. The minimum absolute atomic E-state index is 0. The number of carbonyl (C=O) groups is 2. The van der Waals surface area contributed by atoms with Crippen molar-refractivity contribution in [1.82, 2.24) is 19.8 Å². The van der Waals surface area contributed by atoms with E-state index < -0.39 is 21.0 Å². The highest BCUT2D eigenvalue weighted by Crippen LogP contribution is 2.28. The molecule has 0 spiro atoms. The van der Waals surface area contributed by atoms with Crippen LogP contribution in [0.2, 0.25) is 5.15 Å². The number of rotatable bonds is 6. The maximum absolute atomic E-state index is 12.1. The van der Waals surface area contributed by atoms with Crippen LogP contribution in [0.25, 0.3) is 0 Å². The second kappa shape index (κ2) is 20.4. The number of amides is 2. The second-order valence-corrected chi connectivity index (χ2v) is 13.9. The van der Waals surface area contributed by atoms with E-state index in [1.54, 1.807) is 9.80 Å². The van der Waals surface area contributed by atoms with E-state index in [-0.39, 0.29) is 59.9 Å². The summed E-state index contributed by atoms with van der Waals surface area (Å²) in [5, 5.41) is 24.3. The number of carbonyl (C=O) groups excluding carboxylic acids is 2. The van der Waals surface area contributed by atoms with Crippen LogP contribution in [0.4, 0.5) is 26.8 Å². The Morgan fingerprint density at radius 3 is 1.58 bits per heavy atom. The molecule has 2 aromatic heterocycles. The van der Waals surface area contributed by atoms with Gasteiger partial charge in [0.05, 0.1) is 24.1 Å². The summed E-state index contributed by atoms with van der Waals surface area (Å²) in [5.74, 6) is 0.741. The first kappa shape index (κ1) is 45.3. The number of nitrogens with zero attached hydrogens (tertiary/aromatic N) is 6. The number of anilines is 1. The average molecular weight is 757 g/mol. The maximum atomic E-state index is 12.1. The standard InChI is InChI=1S/C16H24N4O5.C10H20N2O2.C6H5ClN2O3.CH4/c1-16(2,3)25-15(21)19-9-7-11(8-10-19)17-14-12(20(22)23)5-6-13(18-14)24-4;1-10(2,3)14-9(13)12-6-4-8(11)5-7-12;1-12-5-3-2-4(9(10)11)6(7)8-5;/h5-6,11H,7-10H2,1-4H3,(H,17,18);8H,4-7,11H2,1-3H3;2-3H,1H3;1H4. The lowest BCUT2D eigenvalue weighted by atomic mass is 10.1. The molecule has 2 fully saturated rings. The number of hydrogen-bond acceptors (Lipinski definition) is 14. The van der Waals surface area contributed by atoms with Crippen molar-refractivity contribution in [2.24, 2.45) is 5.73 Å². The first-order valence-electron chi connectivity index (χ1n) is 16.2. The fourth-order valence-corrected chi connectivity index (χ4v) is 4.81. The Kier molecular flexibility index (Phi) is 17.7. The summed E-state index contributed by atoms with van der Waals surface area (Å²) in [6.07, 6.45) is 2.49. The molecule has 4 heterocycles. The third-order valence-corrected chi connectivity index (χ3v) is 7.42. The molecule has 0 aliphatic carbocycles. The predicted octanol–water partition coefficient (Wildman–Crippen LogP) is 6.44. The Labute approximate surface area is 309 Å². The molecule has 0 unspecified atom stereocenters. The summed E-state index contributed by atoms with van der Waals surface area (Å²) in [7, 11) is 2.86. The van der Waals surface area contributed by atoms with Crippen LogP contribution in [0.1, 0.15) is 74.7 Å². The molecule has 18 nitrogen and oxygen atoms in total. The average Bonchev–Trinajstić information content (AvgIpc) is 3.04. The van der Waals surface area contributed by atoms with Gasteiger partial charge in [0.2, 0.25) is 22.7 Å². The van der Waals surface area contributed by atoms with Crippen LogP contribution in [0, 0.1) is 20.2 Å². The van der Waals surface area contributed by atoms with Gasteiger partial charge in [0.25, 0.3) is 0 Å². The molecule has 2 saturated heterocycles. The van der Waals surface area contributed by atoms with Crippen LogP contribution < -0.4 is 20.5 Å². The fourth-order valence-electron chi connectivity index (χ4n) is 4.60. The molecule has 52 heavy (non-hydrogen) atoms. The summed E-state index contributed by atoms with van der Waals surface area (Å²) in [6, 6.07) is 5.67. The van der Waals surface area contributed by atoms with Crippen molar-refractivity contribution in [1.29, 1.82) is 0 Å². The minimum Gasteiger partial charge on any atom is -0.481 e. The number of nitrogens with two attached hydrogens (primary N) is 1. The molecule has 3 N–H and O–H groups in total. The Balaban J connectivity index is 0.000000424. The highest BCUT2D eigenvalue weighted by Gasteiger charge is 2.29. The Hall–Kier alpha value is -4.71. The zero-order valence-electron chi connectivity index (χ0n) is 30.3. The SMILES string of the molecule is C.CC(C)(C)OC(=O)N1CCC(N)CC1.COc1ccc([N+](=O)[O-])c(Cl)n1.COc1ccc([N+](=O)[O-])c(NC2CCN(C(=O)OC(C)(C)C)CC2)n1. The van der Waals surface area contributed by atoms with Gasteiger partial charge < -0.3 is 39.8 Å². The number of aromatic nitrogens is 2. The van der Waals surface area contributed by atoms with E-state index in [0.29, 0.717) is 31.8 Å². The Bertz CT molecular complexity index is 1490. The molecule has 2 aliphatic rings. The summed E-state index contributed by atoms with van der Waals surface area (Å²) in [4.78, 5) is 55.1. The molecule has 0 bridgehead atoms. The van der Waals surface area contributed by atoms with E-state index in [1.807, 2.05) is 41.5 Å². The summed E-state index contributed by atoms with van der Waals surface area (Å²) in [5.41, 5.74) is 4.48. The molecule has 0 saturated carbocycles. The zero-order valence-corrected chi connectivity index (χ0v) is 31.1. The molecule has 0 radical (unpaired) electrons. The van der Waals surface area contributed by atoms with Gasteiger partial charge in [0, 0.05) is 62.5 Å². The Morgan fingerprint density at radius 1 is 0.788 bits per heavy atom. The summed E-state index contributed by atoms with van der Waals surface area (Å²) in [6.45, 7) is 13.6. The van der Waals surface area contributed by atoms with Gasteiger partial charge >= 0.3 is 23.6 Å². The van der Waals surface area contributed by atoms with Gasteiger partial charge in [-0.3, -0.25) is 20.2 Å². The van der Waals surface area contributed by atoms with Gasteiger partial charge in [0.15, 0.2) is 0 Å². The third-order valence-electron chi connectivity index (χ3n) is 7.14. The predicted molar refractivity (Wildman–Crippen MR) is 196 cm³/mol. The van der Waals surface area contributed by atoms with Crippen molar-refractivity contribution >= 4 is 41.0 Å². The quantitative estimate of drug-likeness (QED) is 0.184. The van der Waals surface area contributed by atoms with Crippen molar-refractivity contribution in [3.05, 3.63) is 49.6 Å². The molecular formula is C33H53ClN8O10. The number of hydrogen-bond donors (Lipinski definition) is 2. The van der Waals surface area contributed by atoms with E-state index >= 15 is 0 Å². The smallest absolute Gasteiger partial charge is 0.410 e. The molecule has 19 heteroatoms. The van der Waals surface area contributed by atoms with Gasteiger partial charge in [-0.2, -0.15) is 9.97 Å². The van der Waals surface area contributed by atoms with E-state index in [2.05, 4.69) is 15.3 Å². The number of likely N-dealkylation sites (tertiary alicyclic amines) is 2. The molecule has 2 aliphatic heterocycles. The highest BCUT2D eigenvalue weighted by molar-refractivity contribution is 6.31. The summed E-state index contributed by atoms with van der Waals surface area (Å²) >= 11 is 5.47. The topological polar surface area (TPSA) is 228 Å². The van der Waals surface area contributed by atoms with Crippen LogP contribution in [-0.2, 0) is 9.47 Å². The first-order valence-corrected chi connectivity index (χ1v) is 16.6. The minimum atomic E-state index is -0.602. The molecule has 2 aromatic rings. The van der Waals surface area contributed by atoms with Gasteiger partial charge in [-0.1, -0.05) is 19.0 Å². The molecular weight excluding hydrogens is 704 g/mol. The van der Waals surface area contributed by atoms with Gasteiger partial charge in [-0.25, -0.2) is 9.59 Å². The van der Waals surface area contributed by atoms with E-state index in [1.165, 1.54) is 38.5 Å². The number of ether oxygens (including phenoxy) is 4. The normalized spacial score (nSPS) is 15.0. The van der Waals surface area contributed by atoms with Crippen molar-refractivity contribution in [2.75, 3.05) is 45.7 Å². The van der Waals surface area contributed by atoms with E-state index in [0.717, 1.165) is 25.9 Å². The van der Waals surface area contributed by atoms with Crippen molar-refractivity contribution in [3.63, 3.8) is 0 Å². The van der Waals surface area contributed by atoms with Crippen molar-refractivity contribution in [2.45, 2.75) is 97.9 Å². The number of halogens is 1. The van der Waals surface area contributed by atoms with Crippen LogP contribution >= 0.6 is 11.6 Å². The van der Waals surface area contributed by atoms with Gasteiger partial charge in [-0.05, 0) is 67.2 Å².